The van der Waals surface area contributed by atoms with Gasteiger partial charge in [-0.25, -0.2) is 4.98 Å². The van der Waals surface area contributed by atoms with Crippen LogP contribution < -0.4 is 10.5 Å². The zero-order valence-corrected chi connectivity index (χ0v) is 16.0. The standard InChI is InChI=1S/C19H18ClN5O3/c1-13-22-15(12-28-13)18(26)24-9-7-23(8-10-24)16-11-21-25(19(27)17(16)20)14-5-3-2-4-6-14/h2-6,11-12H,7-10H2,1H3. The number of anilines is 1. The van der Waals surface area contributed by atoms with Gasteiger partial charge in [0.2, 0.25) is 0 Å². The summed E-state index contributed by atoms with van der Waals surface area (Å²) in [5.74, 6) is 0.291. The zero-order valence-electron chi connectivity index (χ0n) is 15.2. The molecule has 0 aliphatic carbocycles. The summed E-state index contributed by atoms with van der Waals surface area (Å²) < 4.78 is 6.39. The van der Waals surface area contributed by atoms with Crippen LogP contribution in [0.3, 0.4) is 0 Å². The Morgan fingerprint density at radius 2 is 1.86 bits per heavy atom. The molecule has 0 spiro atoms. The maximum Gasteiger partial charge on any atom is 0.292 e. The number of amides is 1. The van der Waals surface area contributed by atoms with Gasteiger partial charge < -0.3 is 14.2 Å². The second kappa shape index (κ2) is 7.47. The third kappa shape index (κ3) is 3.38. The molecule has 1 saturated heterocycles. The normalized spacial score (nSPS) is 14.4. The molecule has 1 aliphatic heterocycles. The van der Waals surface area contributed by atoms with Crippen LogP contribution in [-0.2, 0) is 0 Å². The van der Waals surface area contributed by atoms with Crippen LogP contribution in [0.2, 0.25) is 5.02 Å². The van der Waals surface area contributed by atoms with Crippen molar-refractivity contribution in [1.29, 1.82) is 0 Å². The van der Waals surface area contributed by atoms with Gasteiger partial charge in [0, 0.05) is 33.1 Å². The van der Waals surface area contributed by atoms with Crippen molar-refractivity contribution >= 4 is 23.2 Å². The maximum atomic E-state index is 12.7. The van der Waals surface area contributed by atoms with E-state index in [4.69, 9.17) is 16.0 Å². The van der Waals surface area contributed by atoms with Gasteiger partial charge in [-0.3, -0.25) is 9.59 Å². The number of rotatable bonds is 3. The monoisotopic (exact) mass is 399 g/mol. The van der Waals surface area contributed by atoms with E-state index in [0.717, 1.165) is 0 Å². The molecular weight excluding hydrogens is 382 g/mol. The van der Waals surface area contributed by atoms with E-state index in [9.17, 15) is 9.59 Å². The summed E-state index contributed by atoms with van der Waals surface area (Å²) in [5, 5.41) is 4.38. The van der Waals surface area contributed by atoms with Crippen molar-refractivity contribution in [2.45, 2.75) is 6.92 Å². The third-order valence-corrected chi connectivity index (χ3v) is 5.00. The summed E-state index contributed by atoms with van der Waals surface area (Å²) in [6.45, 7) is 3.75. The molecule has 0 atom stereocenters. The van der Waals surface area contributed by atoms with Crippen molar-refractivity contribution < 1.29 is 9.21 Å². The van der Waals surface area contributed by atoms with E-state index in [1.54, 1.807) is 30.2 Å². The lowest BCUT2D eigenvalue weighted by Crippen LogP contribution is -2.49. The Morgan fingerprint density at radius 1 is 1.14 bits per heavy atom. The molecular formula is C19H18ClN5O3. The van der Waals surface area contributed by atoms with Crippen LogP contribution in [0.15, 0.2) is 52.0 Å². The van der Waals surface area contributed by atoms with Gasteiger partial charge in [-0.1, -0.05) is 29.8 Å². The molecule has 3 heterocycles. The smallest absolute Gasteiger partial charge is 0.292 e. The minimum Gasteiger partial charge on any atom is -0.448 e. The van der Waals surface area contributed by atoms with E-state index in [1.165, 1.54) is 10.9 Å². The molecule has 0 N–H and O–H groups in total. The molecule has 0 radical (unpaired) electrons. The first-order valence-corrected chi connectivity index (χ1v) is 9.22. The Labute approximate surface area is 166 Å². The van der Waals surface area contributed by atoms with Crippen molar-refractivity contribution in [2.24, 2.45) is 0 Å². The molecule has 28 heavy (non-hydrogen) atoms. The molecule has 4 rings (SSSR count). The molecule has 3 aromatic rings. The Bertz CT molecular complexity index is 1050. The molecule has 1 aromatic carbocycles. The molecule has 0 bridgehead atoms. The predicted molar refractivity (Wildman–Crippen MR) is 104 cm³/mol. The lowest BCUT2D eigenvalue weighted by atomic mass is 10.2. The number of carbonyl (C=O) groups excluding carboxylic acids is 1. The Hall–Kier alpha value is -3.13. The van der Waals surface area contributed by atoms with Gasteiger partial charge in [-0.05, 0) is 12.1 Å². The van der Waals surface area contributed by atoms with Crippen molar-refractivity contribution in [2.75, 3.05) is 31.1 Å². The van der Waals surface area contributed by atoms with Crippen LogP contribution >= 0.6 is 11.6 Å². The van der Waals surface area contributed by atoms with Crippen molar-refractivity contribution in [1.82, 2.24) is 19.7 Å². The summed E-state index contributed by atoms with van der Waals surface area (Å²) in [6, 6.07) is 9.11. The van der Waals surface area contributed by atoms with Gasteiger partial charge in [0.15, 0.2) is 11.6 Å². The minimum atomic E-state index is -0.373. The number of aromatic nitrogens is 3. The minimum absolute atomic E-state index is 0.116. The van der Waals surface area contributed by atoms with Crippen LogP contribution in [-0.4, -0.2) is 51.8 Å². The number of aryl methyl sites for hydroxylation is 1. The van der Waals surface area contributed by atoms with Gasteiger partial charge in [-0.2, -0.15) is 9.78 Å². The maximum absolute atomic E-state index is 12.7. The van der Waals surface area contributed by atoms with E-state index in [-0.39, 0.29) is 16.5 Å². The van der Waals surface area contributed by atoms with Gasteiger partial charge in [0.25, 0.3) is 11.5 Å². The summed E-state index contributed by atoms with van der Waals surface area (Å²) in [5.41, 5.74) is 1.15. The molecule has 0 saturated carbocycles. The summed E-state index contributed by atoms with van der Waals surface area (Å²) in [6.07, 6.45) is 2.96. The fourth-order valence-electron chi connectivity index (χ4n) is 3.17. The SMILES string of the molecule is Cc1nc(C(=O)N2CCN(c3cnn(-c4ccccc4)c(=O)c3Cl)CC2)co1. The number of halogens is 1. The molecule has 9 heteroatoms. The number of piperazine rings is 1. The number of carbonyl (C=O) groups is 1. The Balaban J connectivity index is 1.50. The lowest BCUT2D eigenvalue weighted by molar-refractivity contribution is 0.0740. The summed E-state index contributed by atoms with van der Waals surface area (Å²) >= 11 is 6.36. The van der Waals surface area contributed by atoms with Crippen molar-refractivity contribution in [3.05, 3.63) is 69.8 Å². The highest BCUT2D eigenvalue weighted by Gasteiger charge is 2.26. The first-order valence-electron chi connectivity index (χ1n) is 8.84. The van der Waals surface area contributed by atoms with E-state index in [1.807, 2.05) is 23.1 Å². The molecule has 144 valence electrons. The number of oxazole rings is 1. The molecule has 1 fully saturated rings. The number of hydrogen-bond donors (Lipinski definition) is 0. The molecule has 8 nitrogen and oxygen atoms in total. The second-order valence-electron chi connectivity index (χ2n) is 6.43. The number of hydrogen-bond acceptors (Lipinski definition) is 6. The lowest BCUT2D eigenvalue weighted by Gasteiger charge is -2.35. The van der Waals surface area contributed by atoms with E-state index in [2.05, 4.69) is 10.1 Å². The highest BCUT2D eigenvalue weighted by molar-refractivity contribution is 6.33. The molecule has 0 unspecified atom stereocenters. The van der Waals surface area contributed by atoms with E-state index < -0.39 is 0 Å². The third-order valence-electron chi connectivity index (χ3n) is 4.65. The van der Waals surface area contributed by atoms with Crippen LogP contribution in [0, 0.1) is 6.92 Å². The predicted octanol–water partition coefficient (Wildman–Crippen LogP) is 2.14. The summed E-state index contributed by atoms with van der Waals surface area (Å²) in [4.78, 5) is 32.9. The first-order chi connectivity index (χ1) is 13.5. The number of nitrogens with zero attached hydrogens (tertiary/aromatic N) is 5. The molecule has 1 amide bonds. The highest BCUT2D eigenvalue weighted by atomic mass is 35.5. The Morgan fingerprint density at radius 3 is 2.50 bits per heavy atom. The summed E-state index contributed by atoms with van der Waals surface area (Å²) in [7, 11) is 0. The highest BCUT2D eigenvalue weighted by Crippen LogP contribution is 2.23. The van der Waals surface area contributed by atoms with Gasteiger partial charge >= 0.3 is 0 Å². The average molecular weight is 400 g/mol. The fraction of sp³-hybridized carbons (Fsp3) is 0.263. The number of para-hydroxylation sites is 1. The number of benzene rings is 1. The van der Waals surface area contributed by atoms with Crippen LogP contribution in [0.1, 0.15) is 16.4 Å². The molecule has 2 aromatic heterocycles. The van der Waals surface area contributed by atoms with Crippen LogP contribution in [0.4, 0.5) is 5.69 Å². The largest absolute Gasteiger partial charge is 0.448 e. The van der Waals surface area contributed by atoms with Gasteiger partial charge in [0.05, 0.1) is 17.6 Å². The Kier molecular flexibility index (Phi) is 4.87. The first kappa shape index (κ1) is 18.2. The van der Waals surface area contributed by atoms with Crippen molar-refractivity contribution in [3.63, 3.8) is 0 Å². The van der Waals surface area contributed by atoms with Crippen LogP contribution in [0.5, 0.6) is 0 Å². The quantitative estimate of drug-likeness (QED) is 0.671. The fourth-order valence-corrected chi connectivity index (χ4v) is 3.42. The molecule has 1 aliphatic rings. The van der Waals surface area contributed by atoms with Crippen molar-refractivity contribution in [3.8, 4) is 5.69 Å². The van der Waals surface area contributed by atoms with Gasteiger partial charge in [-0.15, -0.1) is 0 Å². The second-order valence-corrected chi connectivity index (χ2v) is 6.81. The van der Waals surface area contributed by atoms with E-state index >= 15 is 0 Å². The van der Waals surface area contributed by atoms with Gasteiger partial charge in [0.1, 0.15) is 11.3 Å². The average Bonchev–Trinajstić information content (AvgIpc) is 3.16. The topological polar surface area (TPSA) is 84.5 Å². The van der Waals surface area contributed by atoms with E-state index in [0.29, 0.717) is 49.1 Å². The van der Waals surface area contributed by atoms with Crippen LogP contribution in [0.25, 0.3) is 5.69 Å². The zero-order chi connectivity index (χ0) is 19.7.